The van der Waals surface area contributed by atoms with Gasteiger partial charge in [-0.15, -0.1) is 13.2 Å². The predicted molar refractivity (Wildman–Crippen MR) is 79.1 cm³/mol. The highest BCUT2D eigenvalue weighted by Crippen LogP contribution is 2.27. The van der Waals surface area contributed by atoms with Crippen molar-refractivity contribution in [3.05, 3.63) is 59.0 Å². The van der Waals surface area contributed by atoms with E-state index in [4.69, 9.17) is 0 Å². The molecule has 0 N–H and O–H groups in total. The number of aromatic nitrogens is 2. The number of hydrogen-bond donors (Lipinski definition) is 0. The largest absolute Gasteiger partial charge is 0.573 e. The number of aryl methyl sites for hydroxylation is 1. The van der Waals surface area contributed by atoms with E-state index in [1.54, 1.807) is 25.2 Å². The number of nitrogens with zero attached hydrogens (tertiary/aromatic N) is 2. The van der Waals surface area contributed by atoms with Crippen molar-refractivity contribution in [2.75, 3.05) is 0 Å². The smallest absolute Gasteiger partial charge is 0.406 e. The summed E-state index contributed by atoms with van der Waals surface area (Å²) >= 11 is 0. The zero-order valence-corrected chi connectivity index (χ0v) is 12.0. The lowest BCUT2D eigenvalue weighted by Gasteiger charge is -2.10. The van der Waals surface area contributed by atoms with Crippen molar-refractivity contribution in [2.45, 2.75) is 6.36 Å². The Hall–Kier alpha value is -2.83. The van der Waals surface area contributed by atoms with Crippen LogP contribution in [0.25, 0.3) is 22.2 Å². The monoisotopic (exact) mass is 320 g/mol. The van der Waals surface area contributed by atoms with Crippen LogP contribution in [0.1, 0.15) is 0 Å². The Kier molecular flexibility index (Phi) is 3.55. The van der Waals surface area contributed by atoms with Crippen LogP contribution >= 0.6 is 0 Å². The van der Waals surface area contributed by atoms with Crippen molar-refractivity contribution in [3.8, 4) is 16.9 Å². The number of hydrogen-bond acceptors (Lipinski definition) is 3. The van der Waals surface area contributed by atoms with Crippen LogP contribution in [0.3, 0.4) is 0 Å². The molecule has 0 saturated heterocycles. The Labute approximate surface area is 128 Å². The Morgan fingerprint density at radius 1 is 1.04 bits per heavy atom. The molecule has 0 unspecified atom stereocenters. The average molecular weight is 320 g/mol. The fraction of sp³-hybridized carbons (Fsp3) is 0.125. The second kappa shape index (κ2) is 5.42. The van der Waals surface area contributed by atoms with Crippen molar-refractivity contribution in [1.29, 1.82) is 0 Å². The molecule has 0 aliphatic heterocycles. The van der Waals surface area contributed by atoms with E-state index >= 15 is 0 Å². The van der Waals surface area contributed by atoms with Crippen LogP contribution in [-0.2, 0) is 7.05 Å². The van der Waals surface area contributed by atoms with Gasteiger partial charge in [0.25, 0.3) is 5.56 Å². The van der Waals surface area contributed by atoms with Crippen LogP contribution in [0.2, 0.25) is 0 Å². The summed E-state index contributed by atoms with van der Waals surface area (Å²) in [7, 11) is 1.64. The Bertz CT molecular complexity index is 915. The van der Waals surface area contributed by atoms with Gasteiger partial charge < -0.3 is 9.30 Å². The van der Waals surface area contributed by atoms with E-state index in [1.165, 1.54) is 35.0 Å². The van der Waals surface area contributed by atoms with Crippen LogP contribution in [0.15, 0.2) is 53.5 Å². The van der Waals surface area contributed by atoms with Crippen LogP contribution < -0.4 is 10.3 Å². The summed E-state index contributed by atoms with van der Waals surface area (Å²) in [5.41, 5.74) is 2.54. The van der Waals surface area contributed by atoms with Crippen molar-refractivity contribution in [1.82, 2.24) is 9.55 Å². The third-order valence-corrected chi connectivity index (χ3v) is 3.40. The minimum absolute atomic E-state index is 0.233. The first kappa shape index (κ1) is 15.1. The van der Waals surface area contributed by atoms with Crippen molar-refractivity contribution in [3.63, 3.8) is 0 Å². The molecule has 3 aromatic rings. The third-order valence-electron chi connectivity index (χ3n) is 3.40. The highest BCUT2D eigenvalue weighted by atomic mass is 19.4. The van der Waals surface area contributed by atoms with Gasteiger partial charge in [-0.3, -0.25) is 4.79 Å². The van der Waals surface area contributed by atoms with Crippen LogP contribution in [0.5, 0.6) is 5.75 Å². The first-order valence-corrected chi connectivity index (χ1v) is 6.65. The summed E-state index contributed by atoms with van der Waals surface area (Å²) in [6, 6.07) is 10.9. The summed E-state index contributed by atoms with van der Waals surface area (Å²) in [6.45, 7) is 0. The molecule has 118 valence electrons. The second-order valence-electron chi connectivity index (χ2n) is 4.93. The molecule has 0 spiro atoms. The lowest BCUT2D eigenvalue weighted by Crippen LogP contribution is -2.17. The average Bonchev–Trinajstić information content (AvgIpc) is 2.50. The first-order valence-electron chi connectivity index (χ1n) is 6.65. The Morgan fingerprint density at radius 2 is 1.70 bits per heavy atom. The molecule has 0 bridgehead atoms. The SMILES string of the molecule is Cn1c(=O)cnc2ccc(-c3ccc(OC(F)(F)F)cc3)cc21. The number of alkyl halides is 3. The fourth-order valence-corrected chi connectivity index (χ4v) is 2.26. The van der Waals surface area contributed by atoms with Crippen molar-refractivity contribution in [2.24, 2.45) is 7.05 Å². The maximum atomic E-state index is 12.2. The van der Waals surface area contributed by atoms with Gasteiger partial charge in [-0.25, -0.2) is 4.98 Å². The highest BCUT2D eigenvalue weighted by Gasteiger charge is 2.30. The molecular formula is C16H11F3N2O2. The van der Waals surface area contributed by atoms with Gasteiger partial charge in [0.15, 0.2) is 0 Å². The van der Waals surface area contributed by atoms with Gasteiger partial charge in [0.05, 0.1) is 17.2 Å². The maximum absolute atomic E-state index is 12.2. The number of fused-ring (bicyclic) bond motifs is 1. The quantitative estimate of drug-likeness (QED) is 0.726. The molecule has 3 rings (SSSR count). The van der Waals surface area contributed by atoms with E-state index in [0.717, 1.165) is 5.56 Å². The molecule has 1 aromatic heterocycles. The minimum Gasteiger partial charge on any atom is -0.406 e. The van der Waals surface area contributed by atoms with Gasteiger partial charge in [0.2, 0.25) is 0 Å². The van der Waals surface area contributed by atoms with E-state index in [1.807, 2.05) is 0 Å². The van der Waals surface area contributed by atoms with E-state index in [-0.39, 0.29) is 11.3 Å². The molecule has 2 aromatic carbocycles. The van der Waals surface area contributed by atoms with E-state index in [0.29, 0.717) is 16.6 Å². The summed E-state index contributed by atoms with van der Waals surface area (Å²) in [6.07, 6.45) is -3.47. The van der Waals surface area contributed by atoms with Crippen LogP contribution in [-0.4, -0.2) is 15.9 Å². The van der Waals surface area contributed by atoms with E-state index in [9.17, 15) is 18.0 Å². The molecule has 0 fully saturated rings. The third kappa shape index (κ3) is 3.18. The standard InChI is InChI=1S/C16H11F3N2O2/c1-21-14-8-11(4-7-13(14)20-9-15(21)22)10-2-5-12(6-3-10)23-16(17,18)19/h2-9H,1H3. The molecular weight excluding hydrogens is 309 g/mol. The normalized spacial score (nSPS) is 11.7. The zero-order valence-electron chi connectivity index (χ0n) is 12.0. The molecule has 0 aliphatic carbocycles. The minimum atomic E-state index is -4.71. The van der Waals surface area contributed by atoms with Crippen LogP contribution in [0, 0.1) is 0 Å². The molecule has 0 saturated carbocycles. The van der Waals surface area contributed by atoms with E-state index < -0.39 is 6.36 Å². The molecule has 0 radical (unpaired) electrons. The first-order chi connectivity index (χ1) is 10.8. The molecule has 4 nitrogen and oxygen atoms in total. The van der Waals surface area contributed by atoms with Gasteiger partial charge in [-0.2, -0.15) is 0 Å². The summed E-state index contributed by atoms with van der Waals surface area (Å²) in [5, 5.41) is 0. The van der Waals surface area contributed by atoms with Gasteiger partial charge in [0, 0.05) is 7.05 Å². The number of rotatable bonds is 2. The van der Waals surface area contributed by atoms with Gasteiger partial charge in [-0.05, 0) is 35.4 Å². The molecule has 7 heteroatoms. The lowest BCUT2D eigenvalue weighted by molar-refractivity contribution is -0.274. The molecule has 0 aliphatic rings. The number of halogens is 3. The van der Waals surface area contributed by atoms with Crippen LogP contribution in [0.4, 0.5) is 13.2 Å². The molecule has 23 heavy (non-hydrogen) atoms. The predicted octanol–water partition coefficient (Wildman–Crippen LogP) is 3.50. The molecule has 0 amide bonds. The Morgan fingerprint density at radius 3 is 2.35 bits per heavy atom. The topological polar surface area (TPSA) is 44.1 Å². The highest BCUT2D eigenvalue weighted by molar-refractivity contribution is 5.81. The molecule has 0 atom stereocenters. The van der Waals surface area contributed by atoms with E-state index in [2.05, 4.69) is 9.72 Å². The molecule has 1 heterocycles. The number of benzene rings is 2. The van der Waals surface area contributed by atoms with Gasteiger partial charge in [0.1, 0.15) is 5.75 Å². The lowest BCUT2D eigenvalue weighted by atomic mass is 10.0. The van der Waals surface area contributed by atoms with Gasteiger partial charge in [-0.1, -0.05) is 18.2 Å². The van der Waals surface area contributed by atoms with Crippen molar-refractivity contribution < 1.29 is 17.9 Å². The maximum Gasteiger partial charge on any atom is 0.573 e. The summed E-state index contributed by atoms with van der Waals surface area (Å²) in [5.74, 6) is -0.281. The number of ether oxygens (including phenoxy) is 1. The Balaban J connectivity index is 2.00. The summed E-state index contributed by atoms with van der Waals surface area (Å²) in [4.78, 5) is 15.7. The second-order valence-corrected chi connectivity index (χ2v) is 4.93. The van der Waals surface area contributed by atoms with Gasteiger partial charge >= 0.3 is 6.36 Å². The summed E-state index contributed by atoms with van der Waals surface area (Å²) < 4.78 is 41.8. The fourth-order valence-electron chi connectivity index (χ4n) is 2.26. The van der Waals surface area contributed by atoms with Crippen molar-refractivity contribution >= 4 is 11.0 Å². The zero-order chi connectivity index (χ0) is 16.6.